The van der Waals surface area contributed by atoms with Gasteiger partial charge in [-0.1, -0.05) is 19.8 Å². The molecule has 1 unspecified atom stereocenters. The van der Waals surface area contributed by atoms with Crippen molar-refractivity contribution in [3.8, 4) is 0 Å². The van der Waals surface area contributed by atoms with Crippen LogP contribution in [0.25, 0.3) is 0 Å². The molecule has 0 aromatic rings. The zero-order valence-electron chi connectivity index (χ0n) is 11.1. The maximum Gasteiger partial charge on any atom is 0.326 e. The van der Waals surface area contributed by atoms with Crippen LogP contribution in [0, 0.1) is 0 Å². The van der Waals surface area contributed by atoms with Crippen molar-refractivity contribution in [3.63, 3.8) is 0 Å². The number of nitrogens with one attached hydrogen (secondary N) is 2. The molecule has 6 heteroatoms. The molecule has 0 aromatic carbocycles. The van der Waals surface area contributed by atoms with E-state index >= 15 is 0 Å². The first-order valence-corrected chi connectivity index (χ1v) is 6.51. The Kier molecular flexibility index (Phi) is 5.91. The molecule has 3 N–H and O–H groups in total. The minimum atomic E-state index is -0.970. The summed E-state index contributed by atoms with van der Waals surface area (Å²) in [5.74, 6) is -0.970. The van der Waals surface area contributed by atoms with E-state index in [1.165, 1.54) is 0 Å². The monoisotopic (exact) mass is 257 g/mol. The summed E-state index contributed by atoms with van der Waals surface area (Å²) in [6, 6.07) is -1.04. The Morgan fingerprint density at radius 1 is 1.50 bits per heavy atom. The van der Waals surface area contributed by atoms with Gasteiger partial charge in [-0.2, -0.15) is 0 Å². The number of hydrogen-bond acceptors (Lipinski definition) is 3. The molecule has 1 saturated heterocycles. The zero-order chi connectivity index (χ0) is 13.5. The van der Waals surface area contributed by atoms with E-state index in [9.17, 15) is 9.59 Å². The standard InChI is InChI=1S/C12H23N3O3/c1-3-4-5-10(11(16)17)14-12(18)13-9-6-7-15(2)8-9/h9-10H,3-8H2,1-2H3,(H,16,17)(H2,13,14,18)/t9?,10-/m0/s1. The average molecular weight is 257 g/mol. The molecular weight excluding hydrogens is 234 g/mol. The van der Waals surface area contributed by atoms with Crippen molar-refractivity contribution in [2.45, 2.75) is 44.7 Å². The lowest BCUT2D eigenvalue weighted by molar-refractivity contribution is -0.139. The fraction of sp³-hybridized carbons (Fsp3) is 0.833. The molecule has 18 heavy (non-hydrogen) atoms. The number of hydrogen-bond donors (Lipinski definition) is 3. The van der Waals surface area contributed by atoms with Crippen molar-refractivity contribution in [3.05, 3.63) is 0 Å². The van der Waals surface area contributed by atoms with Gasteiger partial charge in [0.05, 0.1) is 0 Å². The number of aliphatic carboxylic acids is 1. The van der Waals surface area contributed by atoms with Gasteiger partial charge >= 0.3 is 12.0 Å². The number of unbranched alkanes of at least 4 members (excludes halogenated alkanes) is 1. The zero-order valence-corrected chi connectivity index (χ0v) is 11.1. The molecule has 1 fully saturated rings. The maximum absolute atomic E-state index is 11.7. The van der Waals surface area contributed by atoms with Gasteiger partial charge in [0.2, 0.25) is 0 Å². The third kappa shape index (κ3) is 4.91. The first kappa shape index (κ1) is 14.8. The number of rotatable bonds is 6. The summed E-state index contributed by atoms with van der Waals surface area (Å²) in [6.45, 7) is 3.77. The van der Waals surface area contributed by atoms with Crippen LogP contribution in [0.4, 0.5) is 4.79 Å². The van der Waals surface area contributed by atoms with Crippen molar-refractivity contribution < 1.29 is 14.7 Å². The van der Waals surface area contributed by atoms with Gasteiger partial charge in [-0.3, -0.25) is 0 Å². The van der Waals surface area contributed by atoms with Crippen LogP contribution in [0.3, 0.4) is 0 Å². The van der Waals surface area contributed by atoms with Gasteiger partial charge in [-0.05, 0) is 26.4 Å². The van der Waals surface area contributed by atoms with E-state index < -0.39 is 12.0 Å². The molecule has 0 aromatic heterocycles. The number of urea groups is 1. The number of amides is 2. The molecular formula is C12H23N3O3. The molecule has 2 atom stereocenters. The predicted octanol–water partition coefficient (Wildman–Crippen LogP) is 0.633. The second kappa shape index (κ2) is 7.20. The Bertz CT molecular complexity index is 296. The largest absolute Gasteiger partial charge is 0.480 e. The summed E-state index contributed by atoms with van der Waals surface area (Å²) in [4.78, 5) is 24.8. The fourth-order valence-corrected chi connectivity index (χ4v) is 2.10. The number of likely N-dealkylation sites (N-methyl/N-ethyl adjacent to an activating group) is 1. The summed E-state index contributed by atoms with van der Waals surface area (Å²) in [6.07, 6.45) is 3.10. The van der Waals surface area contributed by atoms with E-state index in [0.29, 0.717) is 6.42 Å². The van der Waals surface area contributed by atoms with Crippen LogP contribution in [0.5, 0.6) is 0 Å². The quantitative estimate of drug-likeness (QED) is 0.652. The minimum Gasteiger partial charge on any atom is -0.480 e. The van der Waals surface area contributed by atoms with Crippen molar-refractivity contribution in [1.82, 2.24) is 15.5 Å². The van der Waals surface area contributed by atoms with Crippen LogP contribution in [0.1, 0.15) is 32.6 Å². The highest BCUT2D eigenvalue weighted by Gasteiger charge is 2.24. The lowest BCUT2D eigenvalue weighted by Gasteiger charge is -2.17. The second-order valence-electron chi connectivity index (χ2n) is 4.90. The lowest BCUT2D eigenvalue weighted by Crippen LogP contribution is -2.49. The number of nitrogens with zero attached hydrogens (tertiary/aromatic N) is 1. The van der Waals surface area contributed by atoms with Crippen molar-refractivity contribution in [2.24, 2.45) is 0 Å². The van der Waals surface area contributed by atoms with Gasteiger partial charge in [0.25, 0.3) is 0 Å². The van der Waals surface area contributed by atoms with E-state index in [2.05, 4.69) is 15.5 Å². The van der Waals surface area contributed by atoms with Crippen LogP contribution < -0.4 is 10.6 Å². The topological polar surface area (TPSA) is 81.7 Å². The molecule has 0 spiro atoms. The SMILES string of the molecule is CCCC[C@H](NC(=O)NC1CCN(C)C1)C(=O)O. The molecule has 1 aliphatic heterocycles. The summed E-state index contributed by atoms with van der Waals surface area (Å²) in [5, 5.41) is 14.3. The molecule has 0 saturated carbocycles. The second-order valence-corrected chi connectivity index (χ2v) is 4.90. The Balaban J connectivity index is 2.34. The fourth-order valence-electron chi connectivity index (χ4n) is 2.10. The van der Waals surface area contributed by atoms with Crippen LogP contribution in [-0.2, 0) is 4.79 Å². The van der Waals surface area contributed by atoms with Crippen molar-refractivity contribution >= 4 is 12.0 Å². The van der Waals surface area contributed by atoms with Crippen LogP contribution >= 0.6 is 0 Å². The molecule has 2 amide bonds. The maximum atomic E-state index is 11.7. The number of carbonyl (C=O) groups excluding carboxylic acids is 1. The molecule has 0 bridgehead atoms. The van der Waals surface area contributed by atoms with Gasteiger partial charge in [-0.15, -0.1) is 0 Å². The Morgan fingerprint density at radius 2 is 2.22 bits per heavy atom. The molecule has 1 aliphatic rings. The molecule has 1 heterocycles. The molecule has 0 radical (unpaired) electrons. The Labute approximate surface area is 108 Å². The highest BCUT2D eigenvalue weighted by atomic mass is 16.4. The van der Waals surface area contributed by atoms with Crippen molar-refractivity contribution in [2.75, 3.05) is 20.1 Å². The number of carbonyl (C=O) groups is 2. The lowest BCUT2D eigenvalue weighted by atomic mass is 10.1. The third-order valence-electron chi connectivity index (χ3n) is 3.18. The normalized spacial score (nSPS) is 21.6. The van der Waals surface area contributed by atoms with E-state index in [4.69, 9.17) is 5.11 Å². The molecule has 1 rings (SSSR count). The average Bonchev–Trinajstić information content (AvgIpc) is 2.69. The van der Waals surface area contributed by atoms with Crippen LogP contribution in [-0.4, -0.2) is 54.2 Å². The van der Waals surface area contributed by atoms with Gasteiger partial charge in [0, 0.05) is 12.6 Å². The van der Waals surface area contributed by atoms with Gasteiger partial charge in [0.1, 0.15) is 6.04 Å². The summed E-state index contributed by atoms with van der Waals surface area (Å²) >= 11 is 0. The highest BCUT2D eigenvalue weighted by Crippen LogP contribution is 2.06. The minimum absolute atomic E-state index is 0.121. The summed E-state index contributed by atoms with van der Waals surface area (Å²) in [7, 11) is 2.00. The first-order chi connectivity index (χ1) is 8.52. The molecule has 0 aliphatic carbocycles. The number of carboxylic acids is 1. The van der Waals surface area contributed by atoms with E-state index in [1.54, 1.807) is 0 Å². The number of likely N-dealkylation sites (tertiary alicyclic amines) is 1. The Morgan fingerprint density at radius 3 is 2.72 bits per heavy atom. The van der Waals surface area contributed by atoms with Crippen LogP contribution in [0.15, 0.2) is 0 Å². The summed E-state index contributed by atoms with van der Waals surface area (Å²) < 4.78 is 0. The van der Waals surface area contributed by atoms with Crippen molar-refractivity contribution in [1.29, 1.82) is 0 Å². The Hall–Kier alpha value is -1.30. The molecule has 104 valence electrons. The number of carboxylic acid groups (broad SMARTS) is 1. The summed E-state index contributed by atoms with van der Waals surface area (Å²) in [5.41, 5.74) is 0. The molecule has 6 nitrogen and oxygen atoms in total. The van der Waals surface area contributed by atoms with Gasteiger partial charge in [-0.25, -0.2) is 9.59 Å². The third-order valence-corrected chi connectivity index (χ3v) is 3.18. The van der Waals surface area contributed by atoms with Crippen LogP contribution in [0.2, 0.25) is 0 Å². The first-order valence-electron chi connectivity index (χ1n) is 6.51. The van der Waals surface area contributed by atoms with E-state index in [1.807, 2.05) is 14.0 Å². The van der Waals surface area contributed by atoms with E-state index in [-0.39, 0.29) is 12.1 Å². The van der Waals surface area contributed by atoms with E-state index in [0.717, 1.165) is 32.4 Å². The van der Waals surface area contributed by atoms with Gasteiger partial charge < -0.3 is 20.6 Å². The van der Waals surface area contributed by atoms with Gasteiger partial charge in [0.15, 0.2) is 0 Å². The highest BCUT2D eigenvalue weighted by molar-refractivity contribution is 5.82. The predicted molar refractivity (Wildman–Crippen MR) is 68.5 cm³/mol. The smallest absolute Gasteiger partial charge is 0.326 e.